The number of H-pyrrole nitrogens is 1. The van der Waals surface area contributed by atoms with E-state index in [0.717, 1.165) is 94.8 Å². The van der Waals surface area contributed by atoms with Gasteiger partial charge in [0.25, 0.3) is 0 Å². The first kappa shape index (κ1) is 35.8. The van der Waals surface area contributed by atoms with Gasteiger partial charge >= 0.3 is 0 Å². The van der Waals surface area contributed by atoms with Gasteiger partial charge in [-0.1, -0.05) is 176 Å². The molecule has 3 aromatic heterocycles. The normalized spacial score (nSPS) is 11.3. The van der Waals surface area contributed by atoms with E-state index in [1.54, 1.807) is 0 Å². The summed E-state index contributed by atoms with van der Waals surface area (Å²) in [5.74, 6) is 1.35. The van der Waals surface area contributed by atoms with E-state index in [-0.39, 0.29) is 0 Å². The van der Waals surface area contributed by atoms with Crippen LogP contribution in [0.15, 0.2) is 218 Å². The van der Waals surface area contributed by atoms with Gasteiger partial charge in [-0.25, -0.2) is 19.9 Å². The molecule has 0 saturated heterocycles. The maximum Gasteiger partial charge on any atom is 0.160 e. The summed E-state index contributed by atoms with van der Waals surface area (Å²) in [4.78, 5) is 24.4. The molecule has 5 heteroatoms. The number of aromatic nitrogens is 5. The molecule has 11 aromatic rings. The molecule has 3 heterocycles. The minimum absolute atomic E-state index is 0.673. The number of aromatic amines is 1. The highest BCUT2D eigenvalue weighted by Crippen LogP contribution is 2.40. The lowest BCUT2D eigenvalue weighted by Gasteiger charge is -2.13. The van der Waals surface area contributed by atoms with Crippen molar-refractivity contribution in [1.29, 1.82) is 0 Å². The van der Waals surface area contributed by atoms with Gasteiger partial charge < -0.3 is 4.98 Å². The molecule has 0 radical (unpaired) electrons. The zero-order valence-electron chi connectivity index (χ0n) is 33.1. The number of para-hydroxylation sites is 1. The van der Waals surface area contributed by atoms with Gasteiger partial charge in [-0.05, 0) is 59.2 Å². The lowest BCUT2D eigenvalue weighted by atomic mass is 9.94. The predicted molar refractivity (Wildman–Crippen MR) is 250 cm³/mol. The minimum atomic E-state index is 0.673. The summed E-state index contributed by atoms with van der Waals surface area (Å²) >= 11 is 0. The van der Waals surface area contributed by atoms with E-state index < -0.39 is 0 Å². The molecule has 0 fully saturated rings. The highest BCUT2D eigenvalue weighted by Gasteiger charge is 2.17. The van der Waals surface area contributed by atoms with E-state index in [4.69, 9.17) is 19.9 Å². The summed E-state index contributed by atoms with van der Waals surface area (Å²) in [6.45, 7) is 0. The van der Waals surface area contributed by atoms with Gasteiger partial charge in [-0.15, -0.1) is 0 Å². The quantitative estimate of drug-likeness (QED) is 0.167. The maximum absolute atomic E-state index is 5.16. The first-order valence-electron chi connectivity index (χ1n) is 20.5. The van der Waals surface area contributed by atoms with Crippen molar-refractivity contribution in [3.63, 3.8) is 0 Å². The number of benzene rings is 8. The van der Waals surface area contributed by atoms with Crippen LogP contribution in [-0.4, -0.2) is 24.9 Å². The van der Waals surface area contributed by atoms with E-state index in [9.17, 15) is 0 Å². The summed E-state index contributed by atoms with van der Waals surface area (Å²) in [5, 5.41) is 2.33. The van der Waals surface area contributed by atoms with E-state index >= 15 is 0 Å². The first-order chi connectivity index (χ1) is 30.2. The average molecular weight is 780 g/mol. The second kappa shape index (κ2) is 15.5. The molecule has 286 valence electrons. The molecule has 0 aliphatic rings. The molecular weight excluding hydrogens is 743 g/mol. The van der Waals surface area contributed by atoms with Crippen LogP contribution in [0.4, 0.5) is 0 Å². The Hall–Kier alpha value is -8.28. The van der Waals surface area contributed by atoms with Gasteiger partial charge in [0, 0.05) is 55.2 Å². The number of nitrogens with one attached hydrogen (secondary N) is 1. The second-order valence-corrected chi connectivity index (χ2v) is 15.2. The molecule has 0 aliphatic carbocycles. The molecule has 0 bridgehead atoms. The van der Waals surface area contributed by atoms with Crippen molar-refractivity contribution in [2.45, 2.75) is 0 Å². The summed E-state index contributed by atoms with van der Waals surface area (Å²) in [7, 11) is 0. The molecule has 61 heavy (non-hydrogen) atoms. The molecule has 0 spiro atoms. The number of rotatable bonds is 8. The predicted octanol–water partition coefficient (Wildman–Crippen LogP) is 14.2. The van der Waals surface area contributed by atoms with Crippen LogP contribution in [-0.2, 0) is 0 Å². The Morgan fingerprint density at radius 3 is 1.15 bits per heavy atom. The molecule has 11 rings (SSSR count). The Balaban J connectivity index is 1.06. The van der Waals surface area contributed by atoms with Gasteiger partial charge in [-0.3, -0.25) is 0 Å². The van der Waals surface area contributed by atoms with Gasteiger partial charge in [0.2, 0.25) is 0 Å². The highest BCUT2D eigenvalue weighted by molar-refractivity contribution is 6.13. The standard InChI is InChI=1S/C56H37N5/c1-5-17-37(18-6-1)50-35-51(38-19-7-2-8-20-38)59-55(58-50)43-27-15-25-41(31-43)45-33-47(54-48(34-45)46-29-13-14-30-49(46)57-54)42-26-16-28-44(32-42)56-60-52(39-21-9-3-10-22-39)36-53(61-56)40-23-11-4-12-24-40/h1-36,57H. The van der Waals surface area contributed by atoms with Crippen LogP contribution in [0.2, 0.25) is 0 Å². The Kier molecular flexibility index (Phi) is 9.10. The molecule has 8 aromatic carbocycles. The molecular formula is C56H37N5. The van der Waals surface area contributed by atoms with Crippen LogP contribution in [0, 0.1) is 0 Å². The number of hydrogen-bond acceptors (Lipinski definition) is 4. The van der Waals surface area contributed by atoms with Crippen LogP contribution in [0.25, 0.3) is 112 Å². The van der Waals surface area contributed by atoms with E-state index in [1.165, 1.54) is 5.39 Å². The summed E-state index contributed by atoms with van der Waals surface area (Å²) in [6, 6.07) is 75.7. The SMILES string of the molecule is c1ccc(-c2cc(-c3ccccc3)nc(-c3cccc(-c4cc(-c5cccc(-c6nc(-c7ccccc7)cc(-c7ccccc7)n6)c5)c5[nH]c6ccccc6c5c4)c3)n2)cc1. The van der Waals surface area contributed by atoms with Crippen LogP contribution in [0.1, 0.15) is 0 Å². The Morgan fingerprint density at radius 2 is 0.656 bits per heavy atom. The van der Waals surface area contributed by atoms with Crippen molar-refractivity contribution in [2.75, 3.05) is 0 Å². The van der Waals surface area contributed by atoms with Crippen molar-refractivity contribution in [1.82, 2.24) is 24.9 Å². The molecule has 0 unspecified atom stereocenters. The van der Waals surface area contributed by atoms with Crippen LogP contribution >= 0.6 is 0 Å². The first-order valence-corrected chi connectivity index (χ1v) is 20.5. The molecule has 0 saturated carbocycles. The van der Waals surface area contributed by atoms with Gasteiger partial charge in [0.15, 0.2) is 11.6 Å². The molecule has 0 atom stereocenters. The van der Waals surface area contributed by atoms with Crippen molar-refractivity contribution in [3.8, 4) is 90.1 Å². The summed E-state index contributed by atoms with van der Waals surface area (Å²) in [6.07, 6.45) is 0. The Morgan fingerprint density at radius 1 is 0.262 bits per heavy atom. The fourth-order valence-corrected chi connectivity index (χ4v) is 8.19. The van der Waals surface area contributed by atoms with Crippen molar-refractivity contribution in [3.05, 3.63) is 218 Å². The Labute approximate surface area is 353 Å². The summed E-state index contributed by atoms with van der Waals surface area (Å²) < 4.78 is 0. The summed E-state index contributed by atoms with van der Waals surface area (Å²) in [5.41, 5.74) is 16.1. The highest BCUT2D eigenvalue weighted by atomic mass is 14.9. The number of nitrogens with zero attached hydrogens (tertiary/aromatic N) is 4. The van der Waals surface area contributed by atoms with Gasteiger partial charge in [0.05, 0.1) is 28.3 Å². The monoisotopic (exact) mass is 779 g/mol. The molecule has 5 nitrogen and oxygen atoms in total. The van der Waals surface area contributed by atoms with E-state index in [1.807, 2.05) is 72.8 Å². The third kappa shape index (κ3) is 7.04. The molecule has 0 amide bonds. The number of hydrogen-bond donors (Lipinski definition) is 1. The topological polar surface area (TPSA) is 67.3 Å². The van der Waals surface area contributed by atoms with E-state index in [2.05, 4.69) is 151 Å². The fourth-order valence-electron chi connectivity index (χ4n) is 8.19. The van der Waals surface area contributed by atoms with Crippen LogP contribution < -0.4 is 0 Å². The zero-order chi connectivity index (χ0) is 40.5. The lowest BCUT2D eigenvalue weighted by molar-refractivity contribution is 1.18. The van der Waals surface area contributed by atoms with Crippen LogP contribution in [0.5, 0.6) is 0 Å². The molecule has 1 N–H and O–H groups in total. The van der Waals surface area contributed by atoms with Gasteiger partial charge in [0.1, 0.15) is 0 Å². The number of fused-ring (bicyclic) bond motifs is 3. The van der Waals surface area contributed by atoms with Crippen molar-refractivity contribution >= 4 is 21.8 Å². The third-order valence-electron chi connectivity index (χ3n) is 11.2. The second-order valence-electron chi connectivity index (χ2n) is 15.2. The molecule has 0 aliphatic heterocycles. The fraction of sp³-hybridized carbons (Fsp3) is 0. The third-order valence-corrected chi connectivity index (χ3v) is 11.2. The smallest absolute Gasteiger partial charge is 0.160 e. The average Bonchev–Trinajstić information content (AvgIpc) is 3.73. The maximum atomic E-state index is 5.16. The van der Waals surface area contributed by atoms with Crippen LogP contribution in [0.3, 0.4) is 0 Å². The van der Waals surface area contributed by atoms with Gasteiger partial charge in [-0.2, -0.15) is 0 Å². The minimum Gasteiger partial charge on any atom is -0.354 e. The van der Waals surface area contributed by atoms with E-state index in [0.29, 0.717) is 11.6 Å². The zero-order valence-corrected chi connectivity index (χ0v) is 33.1. The van der Waals surface area contributed by atoms with Crippen molar-refractivity contribution < 1.29 is 0 Å². The Bertz CT molecular complexity index is 3230. The lowest BCUT2D eigenvalue weighted by Crippen LogP contribution is -1.96. The largest absolute Gasteiger partial charge is 0.354 e. The van der Waals surface area contributed by atoms with Crippen molar-refractivity contribution in [2.24, 2.45) is 0 Å².